The highest BCUT2D eigenvalue weighted by Gasteiger charge is 2.30. The summed E-state index contributed by atoms with van der Waals surface area (Å²) in [5.41, 5.74) is 2.57. The smallest absolute Gasteiger partial charge is 0.328 e. The molecule has 0 radical (unpaired) electrons. The molecule has 0 aliphatic carbocycles. The molecule has 0 aliphatic rings. The number of benzene rings is 3. The van der Waals surface area contributed by atoms with Crippen molar-refractivity contribution in [2.75, 3.05) is 20.8 Å². The van der Waals surface area contributed by atoms with Crippen LogP contribution in [0.15, 0.2) is 71.9 Å². The molecular formula is C33H33N3O8S. The highest BCUT2D eigenvalue weighted by atomic mass is 32.2. The molecule has 0 saturated carbocycles. The zero-order valence-electron chi connectivity index (χ0n) is 25.5. The second-order valence-electron chi connectivity index (χ2n) is 10.5. The molecule has 11 nitrogen and oxygen atoms in total. The zero-order chi connectivity index (χ0) is 32.5. The molecule has 0 fully saturated rings. The van der Waals surface area contributed by atoms with Gasteiger partial charge in [0.25, 0.3) is 10.0 Å². The number of carbonyl (C=O) groups is 3. The van der Waals surface area contributed by atoms with E-state index in [9.17, 15) is 22.8 Å². The molecular weight excluding hydrogens is 598 g/mol. The first-order valence-electron chi connectivity index (χ1n) is 14.2. The topological polar surface area (TPSA) is 146 Å². The van der Waals surface area contributed by atoms with Crippen molar-refractivity contribution < 1.29 is 37.0 Å². The summed E-state index contributed by atoms with van der Waals surface area (Å²) in [4.78, 5) is 42.5. The van der Waals surface area contributed by atoms with Crippen molar-refractivity contribution in [3.63, 3.8) is 0 Å². The lowest BCUT2D eigenvalue weighted by atomic mass is 9.94. The number of carbonyl (C=O) groups excluding carboxylic acids is 3. The predicted molar refractivity (Wildman–Crippen MR) is 168 cm³/mol. The van der Waals surface area contributed by atoms with E-state index in [1.165, 1.54) is 39.5 Å². The molecule has 1 amide bonds. The maximum absolute atomic E-state index is 14.6. The normalized spacial score (nSPS) is 12.2. The van der Waals surface area contributed by atoms with E-state index < -0.39 is 33.7 Å². The average Bonchev–Trinajstić information content (AvgIpc) is 3.61. The summed E-state index contributed by atoms with van der Waals surface area (Å²) < 4.78 is 45.1. The van der Waals surface area contributed by atoms with Crippen LogP contribution in [0.3, 0.4) is 0 Å². The monoisotopic (exact) mass is 631 g/mol. The minimum Gasteiger partial charge on any atom is -0.497 e. The summed E-state index contributed by atoms with van der Waals surface area (Å²) in [6.07, 6.45) is 2.98. The molecule has 0 saturated heterocycles. The molecule has 3 aromatic carbocycles. The number of rotatable bonds is 11. The van der Waals surface area contributed by atoms with Crippen molar-refractivity contribution in [1.82, 2.24) is 14.3 Å². The van der Waals surface area contributed by atoms with Gasteiger partial charge in [0, 0.05) is 47.6 Å². The summed E-state index contributed by atoms with van der Waals surface area (Å²) in [7, 11) is -1.19. The van der Waals surface area contributed by atoms with Gasteiger partial charge in [-0.25, -0.2) is 17.2 Å². The van der Waals surface area contributed by atoms with Crippen molar-refractivity contribution in [1.29, 1.82) is 0 Å². The number of hydrogen-bond donors (Lipinski definition) is 2. The zero-order valence-corrected chi connectivity index (χ0v) is 26.3. The first kappa shape index (κ1) is 31.3. The summed E-state index contributed by atoms with van der Waals surface area (Å²) in [6.45, 7) is 4.95. The van der Waals surface area contributed by atoms with Crippen LogP contribution in [0.5, 0.6) is 11.5 Å². The number of nitrogens with one attached hydrogen (secondary N) is 2. The third-order valence-corrected chi connectivity index (χ3v) is 9.20. The van der Waals surface area contributed by atoms with E-state index in [-0.39, 0.29) is 40.3 Å². The van der Waals surface area contributed by atoms with Crippen LogP contribution in [0.2, 0.25) is 0 Å². The molecule has 0 aliphatic heterocycles. The summed E-state index contributed by atoms with van der Waals surface area (Å²) in [6, 6.07) is 13.6. The van der Waals surface area contributed by atoms with Crippen LogP contribution in [0.1, 0.15) is 40.9 Å². The predicted octanol–water partition coefficient (Wildman–Crippen LogP) is 4.53. The van der Waals surface area contributed by atoms with Crippen molar-refractivity contribution in [3.05, 3.63) is 89.2 Å². The fourth-order valence-corrected chi connectivity index (χ4v) is 6.75. The number of amides is 1. The van der Waals surface area contributed by atoms with Gasteiger partial charge in [-0.2, -0.15) is 0 Å². The Kier molecular flexibility index (Phi) is 8.69. The lowest BCUT2D eigenvalue weighted by Gasteiger charge is -2.17. The van der Waals surface area contributed by atoms with Gasteiger partial charge in [-0.1, -0.05) is 17.7 Å². The van der Waals surface area contributed by atoms with E-state index in [0.717, 1.165) is 9.54 Å². The molecule has 5 rings (SSSR count). The Hall–Kier alpha value is -5.10. The maximum atomic E-state index is 14.6. The minimum atomic E-state index is -4.10. The Labute approximate surface area is 260 Å². The van der Waals surface area contributed by atoms with Gasteiger partial charge in [-0.15, -0.1) is 0 Å². The van der Waals surface area contributed by atoms with E-state index in [4.69, 9.17) is 14.2 Å². The number of nitrogens with zero attached hydrogens (tertiary/aromatic N) is 1. The molecule has 2 aromatic heterocycles. The fraction of sp³-hybridized carbons (Fsp3) is 0.242. The number of aromatic nitrogens is 2. The number of fused-ring (bicyclic) bond motifs is 2. The molecule has 1 atom stereocenters. The van der Waals surface area contributed by atoms with Gasteiger partial charge in [0.15, 0.2) is 5.78 Å². The molecule has 12 heteroatoms. The average molecular weight is 632 g/mol. The van der Waals surface area contributed by atoms with Crippen molar-refractivity contribution in [2.45, 2.75) is 38.1 Å². The minimum absolute atomic E-state index is 0.0171. The molecule has 0 bridgehead atoms. The number of hydrogen-bond acceptors (Lipinski definition) is 8. The number of ether oxygens (including phenoxy) is 3. The van der Waals surface area contributed by atoms with Gasteiger partial charge in [-0.05, 0) is 61.9 Å². The van der Waals surface area contributed by atoms with Gasteiger partial charge in [0.2, 0.25) is 5.91 Å². The lowest BCUT2D eigenvalue weighted by Crippen LogP contribution is -2.42. The van der Waals surface area contributed by atoms with Crippen LogP contribution in [0.4, 0.5) is 0 Å². The number of methoxy groups -OCH3 is 2. The van der Waals surface area contributed by atoms with Crippen LogP contribution in [0, 0.1) is 6.92 Å². The fourth-order valence-electron chi connectivity index (χ4n) is 5.38. The Balaban J connectivity index is 1.72. The largest absolute Gasteiger partial charge is 0.497 e. The van der Waals surface area contributed by atoms with Crippen LogP contribution in [-0.2, 0) is 30.8 Å². The number of esters is 1. The van der Waals surface area contributed by atoms with Crippen LogP contribution < -0.4 is 14.8 Å². The number of aryl methyl sites for hydroxylation is 1. The van der Waals surface area contributed by atoms with Crippen molar-refractivity contribution >= 4 is 49.5 Å². The summed E-state index contributed by atoms with van der Waals surface area (Å²) in [5.74, 6) is -0.873. The molecule has 1 unspecified atom stereocenters. The van der Waals surface area contributed by atoms with Crippen LogP contribution >= 0.6 is 0 Å². The summed E-state index contributed by atoms with van der Waals surface area (Å²) in [5, 5.41) is 3.44. The number of ketones is 1. The van der Waals surface area contributed by atoms with E-state index in [1.54, 1.807) is 55.6 Å². The van der Waals surface area contributed by atoms with E-state index >= 15 is 0 Å². The lowest BCUT2D eigenvalue weighted by molar-refractivity contribution is -0.147. The van der Waals surface area contributed by atoms with E-state index in [1.807, 2.05) is 6.92 Å². The number of aromatic amines is 1. The van der Waals surface area contributed by atoms with Crippen molar-refractivity contribution in [2.24, 2.45) is 0 Å². The third-order valence-electron chi connectivity index (χ3n) is 7.51. The van der Waals surface area contributed by atoms with Crippen LogP contribution in [-0.4, -0.2) is 61.9 Å². The van der Waals surface area contributed by atoms with Crippen LogP contribution in [0.25, 0.3) is 21.8 Å². The van der Waals surface area contributed by atoms with E-state index in [0.29, 0.717) is 27.6 Å². The van der Waals surface area contributed by atoms with Gasteiger partial charge in [-0.3, -0.25) is 9.59 Å². The SMILES string of the molecule is CCOC(=O)C(Cc1c[nH]c2ccc(OC)c(C(=O)c3cn(S(=O)(=O)c4ccc(C)cc4)c4ccc(OC)cc34)c12)NC(C)=O. The molecule has 45 heavy (non-hydrogen) atoms. The quantitative estimate of drug-likeness (QED) is 0.160. The Morgan fingerprint density at radius 2 is 1.73 bits per heavy atom. The first-order chi connectivity index (χ1) is 21.5. The van der Waals surface area contributed by atoms with Gasteiger partial charge in [0.05, 0.1) is 36.8 Å². The van der Waals surface area contributed by atoms with Gasteiger partial charge in [0.1, 0.15) is 17.5 Å². The van der Waals surface area contributed by atoms with E-state index in [2.05, 4.69) is 10.3 Å². The Morgan fingerprint density at radius 1 is 1.00 bits per heavy atom. The second-order valence-corrected chi connectivity index (χ2v) is 12.3. The maximum Gasteiger partial charge on any atom is 0.328 e. The molecule has 5 aromatic rings. The molecule has 2 heterocycles. The standard InChI is InChI=1S/C33H33N3O8S/c1-6-44-33(39)27(35-20(3)37)15-21-17-34-26-12-14-29(43-5)31(30(21)26)32(38)25-18-36(28-13-9-22(42-4)16-24(25)28)45(40,41)23-10-7-19(2)8-11-23/h7-14,16-18,27,34H,6,15H2,1-5H3,(H,35,37). The molecule has 234 valence electrons. The Bertz CT molecular complexity index is 2040. The van der Waals surface area contributed by atoms with Gasteiger partial charge >= 0.3 is 5.97 Å². The molecule has 2 N–H and O–H groups in total. The first-order valence-corrected chi connectivity index (χ1v) is 15.6. The third kappa shape index (κ3) is 5.88. The highest BCUT2D eigenvalue weighted by Crippen LogP contribution is 2.37. The summed E-state index contributed by atoms with van der Waals surface area (Å²) >= 11 is 0. The highest BCUT2D eigenvalue weighted by molar-refractivity contribution is 7.90. The molecule has 0 spiro atoms. The Morgan fingerprint density at radius 3 is 2.38 bits per heavy atom. The van der Waals surface area contributed by atoms with Gasteiger partial charge < -0.3 is 24.5 Å². The van der Waals surface area contributed by atoms with Crippen molar-refractivity contribution in [3.8, 4) is 11.5 Å². The second kappa shape index (κ2) is 12.5. The number of H-pyrrole nitrogens is 1.